The number of amides is 3. The first kappa shape index (κ1) is 24.3. The van der Waals surface area contributed by atoms with Crippen LogP contribution in [0.1, 0.15) is 28.8 Å². The monoisotopic (exact) mass is 496 g/mol. The van der Waals surface area contributed by atoms with Crippen LogP contribution in [0.2, 0.25) is 0 Å². The highest BCUT2D eigenvalue weighted by Gasteiger charge is 2.34. The SMILES string of the molecule is COc1ccc(C=C2SC(=O)N(CCNC(=O)c3ccc(N4CCCC4)c([N+](=O)[O-])c3)C2=O)cc1. The second kappa shape index (κ2) is 10.6. The molecule has 2 heterocycles. The van der Waals surface area contributed by atoms with E-state index >= 15 is 0 Å². The molecule has 0 spiro atoms. The zero-order valence-electron chi connectivity index (χ0n) is 19.1. The Bertz CT molecular complexity index is 1190. The summed E-state index contributed by atoms with van der Waals surface area (Å²) in [6.07, 6.45) is 3.58. The summed E-state index contributed by atoms with van der Waals surface area (Å²) in [4.78, 5) is 52.0. The Kier molecular flexibility index (Phi) is 7.35. The maximum Gasteiger partial charge on any atom is 0.293 e. The van der Waals surface area contributed by atoms with Gasteiger partial charge in [-0.15, -0.1) is 0 Å². The molecule has 3 amide bonds. The summed E-state index contributed by atoms with van der Waals surface area (Å²) in [5.74, 6) is -0.264. The average Bonchev–Trinajstić information content (AvgIpc) is 3.48. The fraction of sp³-hybridized carbons (Fsp3) is 0.292. The first-order chi connectivity index (χ1) is 16.9. The van der Waals surface area contributed by atoms with Gasteiger partial charge in [0.1, 0.15) is 11.4 Å². The lowest BCUT2D eigenvalue weighted by atomic mass is 10.1. The fourth-order valence-electron chi connectivity index (χ4n) is 3.96. The molecule has 0 aliphatic carbocycles. The van der Waals surface area contributed by atoms with Crippen LogP contribution < -0.4 is 15.0 Å². The van der Waals surface area contributed by atoms with Crippen molar-refractivity contribution in [2.75, 3.05) is 38.2 Å². The highest BCUT2D eigenvalue weighted by Crippen LogP contribution is 2.33. The van der Waals surface area contributed by atoms with E-state index in [9.17, 15) is 24.5 Å². The Labute approximate surface area is 206 Å². The number of carbonyl (C=O) groups excluding carboxylic acids is 3. The number of nitrogens with one attached hydrogen (secondary N) is 1. The summed E-state index contributed by atoms with van der Waals surface area (Å²) in [5, 5.41) is 13.8. The summed E-state index contributed by atoms with van der Waals surface area (Å²) in [5.41, 5.74) is 1.29. The topological polar surface area (TPSA) is 122 Å². The van der Waals surface area contributed by atoms with E-state index < -0.39 is 22.0 Å². The summed E-state index contributed by atoms with van der Waals surface area (Å²) in [6.45, 7) is 1.51. The normalized spacial score (nSPS) is 16.8. The second-order valence-electron chi connectivity index (χ2n) is 8.02. The van der Waals surface area contributed by atoms with Crippen LogP contribution in [-0.2, 0) is 4.79 Å². The average molecular weight is 497 g/mol. The lowest BCUT2D eigenvalue weighted by molar-refractivity contribution is -0.384. The van der Waals surface area contributed by atoms with Crippen molar-refractivity contribution in [3.05, 3.63) is 68.6 Å². The Hall–Kier alpha value is -3.86. The van der Waals surface area contributed by atoms with Gasteiger partial charge in [-0.1, -0.05) is 12.1 Å². The summed E-state index contributed by atoms with van der Waals surface area (Å²) in [7, 11) is 1.56. The molecule has 0 atom stereocenters. The van der Waals surface area contributed by atoms with Crippen molar-refractivity contribution >= 4 is 46.3 Å². The number of imide groups is 1. The molecule has 0 radical (unpaired) electrons. The van der Waals surface area contributed by atoms with E-state index in [4.69, 9.17) is 4.74 Å². The van der Waals surface area contributed by atoms with Crippen molar-refractivity contribution < 1.29 is 24.0 Å². The fourth-order valence-corrected chi connectivity index (χ4v) is 4.83. The minimum absolute atomic E-state index is 0.00961. The lowest BCUT2D eigenvalue weighted by Crippen LogP contribution is -2.37. The van der Waals surface area contributed by atoms with Gasteiger partial charge >= 0.3 is 0 Å². The van der Waals surface area contributed by atoms with Gasteiger partial charge in [0.25, 0.3) is 22.7 Å². The van der Waals surface area contributed by atoms with Gasteiger partial charge < -0.3 is 15.0 Å². The third-order valence-corrected chi connectivity index (χ3v) is 6.70. The number of carbonyl (C=O) groups is 3. The van der Waals surface area contributed by atoms with Gasteiger partial charge in [-0.25, -0.2) is 0 Å². The number of rotatable bonds is 8. The van der Waals surface area contributed by atoms with Gasteiger partial charge in [0.05, 0.1) is 16.9 Å². The van der Waals surface area contributed by atoms with Crippen molar-refractivity contribution in [2.24, 2.45) is 0 Å². The molecule has 2 aromatic carbocycles. The predicted molar refractivity (Wildman–Crippen MR) is 133 cm³/mol. The molecule has 2 aromatic rings. The van der Waals surface area contributed by atoms with Gasteiger partial charge in [-0.2, -0.15) is 0 Å². The van der Waals surface area contributed by atoms with E-state index in [0.717, 1.165) is 48.2 Å². The van der Waals surface area contributed by atoms with Gasteiger partial charge in [-0.3, -0.25) is 29.4 Å². The maximum absolute atomic E-state index is 12.7. The number of ether oxygens (including phenoxy) is 1. The molecule has 0 saturated carbocycles. The third-order valence-electron chi connectivity index (χ3n) is 5.79. The zero-order valence-corrected chi connectivity index (χ0v) is 19.9. The predicted octanol–water partition coefficient (Wildman–Crippen LogP) is 3.67. The van der Waals surface area contributed by atoms with E-state index in [1.807, 2.05) is 4.90 Å². The molecule has 35 heavy (non-hydrogen) atoms. The van der Waals surface area contributed by atoms with Crippen LogP contribution >= 0.6 is 11.8 Å². The van der Waals surface area contributed by atoms with Gasteiger partial charge in [-0.05, 0) is 60.5 Å². The standard InChI is InChI=1S/C24H24N4O6S/c1-34-18-7-4-16(5-8-18)14-21-23(30)27(24(31)35-21)13-10-25-22(29)17-6-9-19(20(15-17)28(32)33)26-11-2-3-12-26/h4-9,14-15H,2-3,10-13H2,1H3,(H,25,29). The highest BCUT2D eigenvalue weighted by molar-refractivity contribution is 8.18. The van der Waals surface area contributed by atoms with Gasteiger partial charge in [0, 0.05) is 37.8 Å². The molecule has 2 aliphatic heterocycles. The number of anilines is 1. The minimum atomic E-state index is -0.512. The molecule has 4 rings (SSSR count). The largest absolute Gasteiger partial charge is 0.497 e. The molecule has 2 aliphatic rings. The summed E-state index contributed by atoms with van der Waals surface area (Å²) in [6, 6.07) is 11.5. The van der Waals surface area contributed by atoms with E-state index in [-0.39, 0.29) is 24.3 Å². The number of hydrogen-bond acceptors (Lipinski definition) is 8. The number of hydrogen-bond donors (Lipinski definition) is 1. The minimum Gasteiger partial charge on any atom is -0.497 e. The Balaban J connectivity index is 1.37. The molecule has 2 fully saturated rings. The van der Waals surface area contributed by atoms with Crippen molar-refractivity contribution in [2.45, 2.75) is 12.8 Å². The van der Waals surface area contributed by atoms with Crippen LogP contribution in [0.15, 0.2) is 47.4 Å². The van der Waals surface area contributed by atoms with E-state index in [1.165, 1.54) is 6.07 Å². The van der Waals surface area contributed by atoms with Crippen LogP contribution in [0.25, 0.3) is 6.08 Å². The van der Waals surface area contributed by atoms with E-state index in [2.05, 4.69) is 5.32 Å². The van der Waals surface area contributed by atoms with Crippen molar-refractivity contribution in [1.82, 2.24) is 10.2 Å². The molecule has 0 aromatic heterocycles. The molecule has 1 N–H and O–H groups in total. The maximum atomic E-state index is 12.7. The summed E-state index contributed by atoms with van der Waals surface area (Å²) < 4.78 is 5.11. The number of methoxy groups -OCH3 is 1. The molecule has 2 saturated heterocycles. The number of nitro groups is 1. The van der Waals surface area contributed by atoms with Crippen LogP contribution in [-0.4, -0.2) is 60.2 Å². The van der Waals surface area contributed by atoms with Crippen molar-refractivity contribution in [3.63, 3.8) is 0 Å². The molecule has 182 valence electrons. The first-order valence-corrected chi connectivity index (χ1v) is 11.9. The second-order valence-corrected chi connectivity index (χ2v) is 9.01. The van der Waals surface area contributed by atoms with Crippen LogP contribution in [0, 0.1) is 10.1 Å². The number of thioether (sulfide) groups is 1. The lowest BCUT2D eigenvalue weighted by Gasteiger charge is -2.18. The van der Waals surface area contributed by atoms with Crippen LogP contribution in [0.5, 0.6) is 5.75 Å². The number of nitrogens with zero attached hydrogens (tertiary/aromatic N) is 3. The number of nitro benzene ring substituents is 1. The molecular formula is C24H24N4O6S. The molecular weight excluding hydrogens is 472 g/mol. The van der Waals surface area contributed by atoms with Gasteiger partial charge in [0.15, 0.2) is 0 Å². The van der Waals surface area contributed by atoms with Crippen molar-refractivity contribution in [3.8, 4) is 5.75 Å². The van der Waals surface area contributed by atoms with E-state index in [0.29, 0.717) is 16.3 Å². The zero-order chi connectivity index (χ0) is 24.9. The molecule has 0 unspecified atom stereocenters. The third kappa shape index (κ3) is 5.46. The molecule has 11 heteroatoms. The first-order valence-electron chi connectivity index (χ1n) is 11.1. The smallest absolute Gasteiger partial charge is 0.293 e. The highest BCUT2D eigenvalue weighted by atomic mass is 32.2. The van der Waals surface area contributed by atoms with Gasteiger partial charge in [0.2, 0.25) is 0 Å². The van der Waals surface area contributed by atoms with Crippen LogP contribution in [0.4, 0.5) is 16.2 Å². The van der Waals surface area contributed by atoms with Crippen molar-refractivity contribution in [1.29, 1.82) is 0 Å². The molecule has 0 bridgehead atoms. The number of benzene rings is 2. The Morgan fingerprint density at radius 2 is 1.89 bits per heavy atom. The molecule has 10 nitrogen and oxygen atoms in total. The summed E-state index contributed by atoms with van der Waals surface area (Å²) >= 11 is 0.836. The Morgan fingerprint density at radius 1 is 1.17 bits per heavy atom. The van der Waals surface area contributed by atoms with E-state index in [1.54, 1.807) is 49.6 Å². The quantitative estimate of drug-likeness (QED) is 0.334. The Morgan fingerprint density at radius 3 is 2.54 bits per heavy atom. The van der Waals surface area contributed by atoms with Crippen LogP contribution in [0.3, 0.4) is 0 Å².